The summed E-state index contributed by atoms with van der Waals surface area (Å²) in [7, 11) is 0. The first-order chi connectivity index (χ1) is 6.81. The fourth-order valence-electron chi connectivity index (χ4n) is 1.66. The van der Waals surface area contributed by atoms with Crippen LogP contribution in [-0.4, -0.2) is 23.4 Å². The molecule has 1 rings (SSSR count). The number of rotatable bonds is 5. The Morgan fingerprint density at radius 3 is 2.29 bits per heavy atom. The van der Waals surface area contributed by atoms with Gasteiger partial charge in [-0.3, -0.25) is 0 Å². The van der Waals surface area contributed by atoms with E-state index in [1.807, 2.05) is 6.07 Å². The smallest absolute Gasteiger partial charge is 0.0471 e. The molecular formula is C12H18O2. The molecule has 0 saturated heterocycles. The summed E-state index contributed by atoms with van der Waals surface area (Å²) in [5.41, 5.74) is 3.67. The van der Waals surface area contributed by atoms with Crippen molar-refractivity contribution in [3.8, 4) is 0 Å². The quantitative estimate of drug-likeness (QED) is 0.742. The maximum atomic E-state index is 8.87. The van der Waals surface area contributed by atoms with E-state index in [1.54, 1.807) is 0 Å². The minimum absolute atomic E-state index is 0.197. The summed E-state index contributed by atoms with van der Waals surface area (Å²) in [6.07, 6.45) is 2.42. The Kier molecular flexibility index (Phi) is 4.63. The Balaban J connectivity index is 2.87. The Morgan fingerprint density at radius 1 is 1.00 bits per heavy atom. The van der Waals surface area contributed by atoms with Crippen molar-refractivity contribution in [2.45, 2.75) is 26.2 Å². The fraction of sp³-hybridized carbons (Fsp3) is 0.500. The summed E-state index contributed by atoms with van der Waals surface area (Å²) in [6, 6.07) is 6.21. The van der Waals surface area contributed by atoms with Gasteiger partial charge in [-0.1, -0.05) is 25.1 Å². The monoisotopic (exact) mass is 194 g/mol. The second-order valence-electron chi connectivity index (χ2n) is 3.40. The molecule has 0 radical (unpaired) electrons. The lowest BCUT2D eigenvalue weighted by molar-refractivity contribution is 0.298. The van der Waals surface area contributed by atoms with Crippen molar-refractivity contribution in [2.24, 2.45) is 0 Å². The Hall–Kier alpha value is -0.860. The van der Waals surface area contributed by atoms with Crippen LogP contribution >= 0.6 is 0 Å². The average molecular weight is 194 g/mol. The molecule has 0 aliphatic heterocycles. The lowest BCUT2D eigenvalue weighted by Gasteiger charge is -2.08. The van der Waals surface area contributed by atoms with Crippen LogP contribution in [0.1, 0.15) is 23.6 Å². The Morgan fingerprint density at radius 2 is 1.71 bits per heavy atom. The molecule has 0 spiro atoms. The summed E-state index contributed by atoms with van der Waals surface area (Å²) in [5.74, 6) is 0. The molecule has 0 fully saturated rings. The highest BCUT2D eigenvalue weighted by Crippen LogP contribution is 2.14. The van der Waals surface area contributed by atoms with Crippen molar-refractivity contribution in [1.29, 1.82) is 0 Å². The normalized spacial score (nSPS) is 10.5. The number of hydrogen-bond donors (Lipinski definition) is 2. The molecule has 0 saturated carbocycles. The van der Waals surface area contributed by atoms with Crippen LogP contribution < -0.4 is 0 Å². The predicted molar refractivity (Wildman–Crippen MR) is 57.4 cm³/mol. The predicted octanol–water partition coefficient (Wildman–Crippen LogP) is 1.32. The first-order valence-electron chi connectivity index (χ1n) is 5.14. The lowest BCUT2D eigenvalue weighted by Crippen LogP contribution is -1.99. The van der Waals surface area contributed by atoms with Crippen LogP contribution in [0.4, 0.5) is 0 Å². The molecule has 0 unspecified atom stereocenters. The van der Waals surface area contributed by atoms with E-state index in [4.69, 9.17) is 10.2 Å². The molecule has 2 heteroatoms. The van der Waals surface area contributed by atoms with Gasteiger partial charge in [-0.15, -0.1) is 0 Å². The molecule has 2 nitrogen and oxygen atoms in total. The molecule has 1 aromatic rings. The van der Waals surface area contributed by atoms with Crippen molar-refractivity contribution in [3.05, 3.63) is 34.9 Å². The fourth-order valence-corrected chi connectivity index (χ4v) is 1.66. The minimum atomic E-state index is 0.197. The van der Waals surface area contributed by atoms with E-state index < -0.39 is 0 Å². The maximum Gasteiger partial charge on any atom is 0.0471 e. The van der Waals surface area contributed by atoms with Crippen molar-refractivity contribution in [3.63, 3.8) is 0 Å². The van der Waals surface area contributed by atoms with E-state index in [1.165, 1.54) is 16.7 Å². The second kappa shape index (κ2) is 5.78. The third-order valence-electron chi connectivity index (χ3n) is 2.43. The molecule has 14 heavy (non-hydrogen) atoms. The molecule has 2 N–H and O–H groups in total. The summed E-state index contributed by atoms with van der Waals surface area (Å²) < 4.78 is 0. The van der Waals surface area contributed by atoms with Crippen LogP contribution in [0.15, 0.2) is 18.2 Å². The van der Waals surface area contributed by atoms with Crippen molar-refractivity contribution < 1.29 is 10.2 Å². The molecule has 0 bridgehead atoms. The molecule has 0 aliphatic rings. The van der Waals surface area contributed by atoms with E-state index in [-0.39, 0.29) is 13.2 Å². The molecule has 0 amide bonds. The number of aliphatic hydroxyl groups is 2. The van der Waals surface area contributed by atoms with E-state index >= 15 is 0 Å². The van der Waals surface area contributed by atoms with Gasteiger partial charge in [0, 0.05) is 13.2 Å². The Bertz CT molecular complexity index is 282. The zero-order chi connectivity index (χ0) is 10.4. The van der Waals surface area contributed by atoms with Crippen LogP contribution in [-0.2, 0) is 19.3 Å². The van der Waals surface area contributed by atoms with Crippen molar-refractivity contribution >= 4 is 0 Å². The standard InChI is InChI=1S/C12H18O2/c1-2-11-9-10(5-7-13)3-4-12(11)6-8-14/h3-4,9,13-14H,2,5-8H2,1H3. The van der Waals surface area contributed by atoms with Gasteiger partial charge in [-0.2, -0.15) is 0 Å². The van der Waals surface area contributed by atoms with Gasteiger partial charge < -0.3 is 10.2 Å². The molecule has 0 heterocycles. The zero-order valence-electron chi connectivity index (χ0n) is 8.66. The molecular weight excluding hydrogens is 176 g/mol. The number of hydrogen-bond acceptors (Lipinski definition) is 2. The van der Waals surface area contributed by atoms with Gasteiger partial charge >= 0.3 is 0 Å². The van der Waals surface area contributed by atoms with Crippen LogP contribution in [0.5, 0.6) is 0 Å². The summed E-state index contributed by atoms with van der Waals surface area (Å²) in [4.78, 5) is 0. The van der Waals surface area contributed by atoms with Crippen molar-refractivity contribution in [1.82, 2.24) is 0 Å². The zero-order valence-corrected chi connectivity index (χ0v) is 8.66. The number of aliphatic hydroxyl groups excluding tert-OH is 2. The van der Waals surface area contributed by atoms with Crippen LogP contribution in [0.2, 0.25) is 0 Å². The third-order valence-corrected chi connectivity index (χ3v) is 2.43. The first kappa shape index (κ1) is 11.2. The highest BCUT2D eigenvalue weighted by molar-refractivity contribution is 5.32. The molecule has 1 aromatic carbocycles. The van der Waals surface area contributed by atoms with Gasteiger partial charge in [0.2, 0.25) is 0 Å². The molecule has 0 aliphatic carbocycles. The van der Waals surface area contributed by atoms with E-state index in [0.717, 1.165) is 12.8 Å². The second-order valence-corrected chi connectivity index (χ2v) is 3.40. The summed E-state index contributed by atoms with van der Waals surface area (Å²) in [6.45, 7) is 2.51. The minimum Gasteiger partial charge on any atom is -0.396 e. The highest BCUT2D eigenvalue weighted by Gasteiger charge is 2.01. The van der Waals surface area contributed by atoms with Crippen LogP contribution in [0, 0.1) is 0 Å². The number of aryl methyl sites for hydroxylation is 1. The van der Waals surface area contributed by atoms with Gasteiger partial charge in [-0.25, -0.2) is 0 Å². The van der Waals surface area contributed by atoms with E-state index in [2.05, 4.69) is 19.1 Å². The van der Waals surface area contributed by atoms with Gasteiger partial charge in [0.05, 0.1) is 0 Å². The van der Waals surface area contributed by atoms with Gasteiger partial charge in [-0.05, 0) is 36.0 Å². The van der Waals surface area contributed by atoms with Gasteiger partial charge in [0.1, 0.15) is 0 Å². The number of benzene rings is 1. The average Bonchev–Trinajstić information content (AvgIpc) is 2.21. The van der Waals surface area contributed by atoms with E-state index in [9.17, 15) is 0 Å². The Labute approximate surface area is 85.2 Å². The summed E-state index contributed by atoms with van der Waals surface area (Å²) in [5, 5.41) is 17.7. The van der Waals surface area contributed by atoms with Gasteiger partial charge in [0.25, 0.3) is 0 Å². The lowest BCUT2D eigenvalue weighted by atomic mass is 9.99. The summed E-state index contributed by atoms with van der Waals surface area (Å²) >= 11 is 0. The topological polar surface area (TPSA) is 40.5 Å². The molecule has 78 valence electrons. The molecule has 0 atom stereocenters. The van der Waals surface area contributed by atoms with Crippen LogP contribution in [0.3, 0.4) is 0 Å². The maximum absolute atomic E-state index is 8.87. The largest absolute Gasteiger partial charge is 0.396 e. The SMILES string of the molecule is CCc1cc(CCO)ccc1CCO. The highest BCUT2D eigenvalue weighted by atomic mass is 16.3. The van der Waals surface area contributed by atoms with Crippen molar-refractivity contribution in [2.75, 3.05) is 13.2 Å². The molecule has 0 aromatic heterocycles. The van der Waals surface area contributed by atoms with Crippen LogP contribution in [0.25, 0.3) is 0 Å². The third kappa shape index (κ3) is 2.82. The van der Waals surface area contributed by atoms with E-state index in [0.29, 0.717) is 6.42 Å². The van der Waals surface area contributed by atoms with Gasteiger partial charge in [0.15, 0.2) is 0 Å². The first-order valence-corrected chi connectivity index (χ1v) is 5.14.